The molecule has 1 aromatic rings. The van der Waals surface area contributed by atoms with E-state index in [0.717, 1.165) is 12.4 Å². The van der Waals surface area contributed by atoms with Crippen molar-refractivity contribution in [2.45, 2.75) is 26.7 Å². The fourth-order valence-corrected chi connectivity index (χ4v) is 1.29. The van der Waals surface area contributed by atoms with Gasteiger partial charge < -0.3 is 11.1 Å². The third-order valence-electron chi connectivity index (χ3n) is 2.38. The van der Waals surface area contributed by atoms with Crippen LogP contribution in [-0.2, 0) is 0 Å². The van der Waals surface area contributed by atoms with E-state index >= 15 is 0 Å². The van der Waals surface area contributed by atoms with Gasteiger partial charge in [-0.1, -0.05) is 26.7 Å². The van der Waals surface area contributed by atoms with Crippen LogP contribution in [0.25, 0.3) is 0 Å². The van der Waals surface area contributed by atoms with Crippen LogP contribution in [0.3, 0.4) is 0 Å². The van der Waals surface area contributed by atoms with E-state index in [4.69, 9.17) is 5.73 Å². The van der Waals surface area contributed by atoms with Crippen molar-refractivity contribution in [1.29, 1.82) is 0 Å². The molecule has 0 fully saturated rings. The first-order valence-corrected chi connectivity index (χ1v) is 5.07. The van der Waals surface area contributed by atoms with Gasteiger partial charge in [-0.15, -0.1) is 0 Å². The predicted molar refractivity (Wildman–Crippen MR) is 59.0 cm³/mol. The number of aromatic nitrogens is 2. The van der Waals surface area contributed by atoms with Gasteiger partial charge in [-0.2, -0.15) is 0 Å². The van der Waals surface area contributed by atoms with E-state index in [1.165, 1.54) is 12.8 Å². The lowest BCUT2D eigenvalue weighted by Gasteiger charge is -2.13. The van der Waals surface area contributed by atoms with E-state index in [0.29, 0.717) is 11.7 Å². The summed E-state index contributed by atoms with van der Waals surface area (Å²) in [6.07, 6.45) is 5.60. The van der Waals surface area contributed by atoms with Crippen molar-refractivity contribution in [3.05, 3.63) is 12.4 Å². The molecule has 0 bridgehead atoms. The zero-order valence-electron chi connectivity index (χ0n) is 8.83. The highest BCUT2D eigenvalue weighted by Gasteiger charge is 2.03. The van der Waals surface area contributed by atoms with E-state index in [1.54, 1.807) is 12.4 Å². The molecule has 4 nitrogen and oxygen atoms in total. The Morgan fingerprint density at radius 3 is 2.64 bits per heavy atom. The second kappa shape index (κ2) is 5.42. The number of hydrogen-bond donors (Lipinski definition) is 2. The topological polar surface area (TPSA) is 63.8 Å². The third kappa shape index (κ3) is 3.20. The molecule has 3 N–H and O–H groups in total. The molecular formula is C10H18N4. The molecule has 1 heterocycles. The van der Waals surface area contributed by atoms with E-state index in [-0.39, 0.29) is 0 Å². The van der Waals surface area contributed by atoms with Gasteiger partial charge in [-0.3, -0.25) is 4.98 Å². The van der Waals surface area contributed by atoms with Crippen LogP contribution in [0, 0.1) is 5.92 Å². The zero-order valence-corrected chi connectivity index (χ0v) is 8.83. The molecule has 0 atom stereocenters. The minimum Gasteiger partial charge on any atom is -0.382 e. The molecule has 0 spiro atoms. The maximum absolute atomic E-state index is 5.52. The monoisotopic (exact) mass is 194 g/mol. The molecule has 0 aliphatic rings. The van der Waals surface area contributed by atoms with Crippen molar-refractivity contribution in [3.8, 4) is 0 Å². The fourth-order valence-electron chi connectivity index (χ4n) is 1.29. The maximum Gasteiger partial charge on any atom is 0.146 e. The van der Waals surface area contributed by atoms with Crippen molar-refractivity contribution in [1.82, 2.24) is 9.97 Å². The Labute approximate surface area is 85.0 Å². The van der Waals surface area contributed by atoms with Crippen LogP contribution in [0.1, 0.15) is 26.7 Å². The lowest BCUT2D eigenvalue weighted by molar-refractivity contribution is 0.518. The number of hydrogen-bond acceptors (Lipinski definition) is 4. The molecule has 4 heteroatoms. The predicted octanol–water partition coefficient (Wildman–Crippen LogP) is 1.91. The van der Waals surface area contributed by atoms with Crippen molar-refractivity contribution in [2.24, 2.45) is 5.92 Å². The van der Waals surface area contributed by atoms with E-state index in [1.807, 2.05) is 0 Å². The number of rotatable bonds is 5. The smallest absolute Gasteiger partial charge is 0.146 e. The van der Waals surface area contributed by atoms with Gasteiger partial charge in [-0.05, 0) is 5.92 Å². The molecule has 0 saturated heterocycles. The first kappa shape index (κ1) is 10.8. The average Bonchev–Trinajstić information content (AvgIpc) is 2.19. The van der Waals surface area contributed by atoms with Gasteiger partial charge in [0.2, 0.25) is 0 Å². The van der Waals surface area contributed by atoms with Gasteiger partial charge in [0.15, 0.2) is 0 Å². The molecule has 0 aliphatic carbocycles. The summed E-state index contributed by atoms with van der Waals surface area (Å²) in [6, 6.07) is 0. The molecule has 0 aliphatic heterocycles. The van der Waals surface area contributed by atoms with Crippen molar-refractivity contribution in [2.75, 3.05) is 17.6 Å². The van der Waals surface area contributed by atoms with Crippen LogP contribution in [0.5, 0.6) is 0 Å². The lowest BCUT2D eigenvalue weighted by Crippen LogP contribution is -2.14. The van der Waals surface area contributed by atoms with E-state index in [9.17, 15) is 0 Å². The summed E-state index contributed by atoms with van der Waals surface area (Å²) in [5.74, 6) is 1.91. The Morgan fingerprint density at radius 1 is 1.36 bits per heavy atom. The highest BCUT2D eigenvalue weighted by Crippen LogP contribution is 2.09. The summed E-state index contributed by atoms with van der Waals surface area (Å²) in [7, 11) is 0. The van der Waals surface area contributed by atoms with Crippen molar-refractivity contribution < 1.29 is 0 Å². The van der Waals surface area contributed by atoms with Crippen LogP contribution < -0.4 is 11.1 Å². The number of nitrogens with one attached hydrogen (secondary N) is 1. The van der Waals surface area contributed by atoms with Gasteiger partial charge in [-0.25, -0.2) is 4.98 Å². The third-order valence-corrected chi connectivity index (χ3v) is 2.38. The summed E-state index contributed by atoms with van der Waals surface area (Å²) >= 11 is 0. The number of nitrogen functional groups attached to an aromatic ring is 1. The number of nitrogens with zero attached hydrogens (tertiary/aromatic N) is 2. The van der Waals surface area contributed by atoms with Crippen LogP contribution in [0.15, 0.2) is 12.4 Å². The molecule has 0 radical (unpaired) electrons. The molecule has 0 unspecified atom stereocenters. The quantitative estimate of drug-likeness (QED) is 0.751. The molecule has 14 heavy (non-hydrogen) atoms. The van der Waals surface area contributed by atoms with Crippen LogP contribution >= 0.6 is 0 Å². The SMILES string of the molecule is CCC(CC)CNc1cncc(N)n1. The van der Waals surface area contributed by atoms with Crippen molar-refractivity contribution >= 4 is 11.6 Å². The molecule has 0 saturated carbocycles. The Bertz CT molecular complexity index is 271. The fraction of sp³-hybridized carbons (Fsp3) is 0.600. The Balaban J connectivity index is 2.44. The normalized spacial score (nSPS) is 10.5. The largest absolute Gasteiger partial charge is 0.382 e. The Morgan fingerprint density at radius 2 is 2.07 bits per heavy atom. The van der Waals surface area contributed by atoms with Crippen molar-refractivity contribution in [3.63, 3.8) is 0 Å². The minimum atomic E-state index is 0.458. The van der Waals surface area contributed by atoms with Crippen LogP contribution in [-0.4, -0.2) is 16.5 Å². The Hall–Kier alpha value is -1.32. The summed E-state index contributed by atoms with van der Waals surface area (Å²) in [6.45, 7) is 5.33. The van der Waals surface area contributed by atoms with Crippen LogP contribution in [0.4, 0.5) is 11.6 Å². The molecule has 1 aromatic heterocycles. The zero-order chi connectivity index (χ0) is 10.4. The Kier molecular flexibility index (Phi) is 4.16. The number of nitrogens with two attached hydrogens (primary N) is 1. The van der Waals surface area contributed by atoms with Crippen LogP contribution in [0.2, 0.25) is 0 Å². The maximum atomic E-state index is 5.52. The minimum absolute atomic E-state index is 0.458. The second-order valence-electron chi connectivity index (χ2n) is 3.39. The highest BCUT2D eigenvalue weighted by molar-refractivity contribution is 5.38. The summed E-state index contributed by atoms with van der Waals surface area (Å²) in [5, 5.41) is 3.23. The van der Waals surface area contributed by atoms with Gasteiger partial charge in [0.1, 0.15) is 11.6 Å². The van der Waals surface area contributed by atoms with Gasteiger partial charge >= 0.3 is 0 Å². The average molecular weight is 194 g/mol. The lowest BCUT2D eigenvalue weighted by atomic mass is 10.0. The molecule has 1 rings (SSSR count). The standard InChI is InChI=1S/C10H18N4/c1-3-8(4-2)5-13-10-7-12-6-9(11)14-10/h6-8H,3-5H2,1-2H3,(H3,11,13,14). The summed E-state index contributed by atoms with van der Waals surface area (Å²) in [4.78, 5) is 8.08. The first-order valence-electron chi connectivity index (χ1n) is 5.07. The number of anilines is 2. The summed E-state index contributed by atoms with van der Waals surface area (Å²) in [5.41, 5.74) is 5.52. The first-order chi connectivity index (χ1) is 6.76. The van der Waals surface area contributed by atoms with Gasteiger partial charge in [0, 0.05) is 6.54 Å². The molecule has 78 valence electrons. The molecule has 0 aromatic carbocycles. The van der Waals surface area contributed by atoms with E-state index in [2.05, 4.69) is 29.1 Å². The molecule has 0 amide bonds. The highest BCUT2D eigenvalue weighted by atomic mass is 15.0. The van der Waals surface area contributed by atoms with Gasteiger partial charge in [0.25, 0.3) is 0 Å². The molecular weight excluding hydrogens is 176 g/mol. The summed E-state index contributed by atoms with van der Waals surface area (Å²) < 4.78 is 0. The van der Waals surface area contributed by atoms with Gasteiger partial charge in [0.05, 0.1) is 12.4 Å². The second-order valence-corrected chi connectivity index (χ2v) is 3.39. The van der Waals surface area contributed by atoms with E-state index < -0.39 is 0 Å².